The first-order chi connectivity index (χ1) is 10.7. The highest BCUT2D eigenvalue weighted by atomic mass is 19.4. The van der Waals surface area contributed by atoms with E-state index < -0.39 is 23.8 Å². The molecule has 0 spiro atoms. The van der Waals surface area contributed by atoms with Crippen molar-refractivity contribution >= 4 is 17.4 Å². The molecule has 6 nitrogen and oxygen atoms in total. The van der Waals surface area contributed by atoms with Crippen molar-refractivity contribution in [3.8, 4) is 5.75 Å². The molecule has 0 bridgehead atoms. The van der Waals surface area contributed by atoms with Crippen LogP contribution in [-0.2, 0) is 0 Å². The summed E-state index contributed by atoms with van der Waals surface area (Å²) in [6, 6.07) is 5.96. The van der Waals surface area contributed by atoms with Crippen molar-refractivity contribution in [1.82, 2.24) is 4.98 Å². The summed E-state index contributed by atoms with van der Waals surface area (Å²) in [5.41, 5.74) is 9.50. The number of nitrogens with two attached hydrogens (primary N) is 2. The molecule has 9 heteroatoms. The molecule has 0 saturated carbocycles. The van der Waals surface area contributed by atoms with E-state index in [-0.39, 0.29) is 22.5 Å². The van der Waals surface area contributed by atoms with Gasteiger partial charge in [0.15, 0.2) is 11.5 Å². The standard InChI is InChI=1S/C14H10F3N3O3/c15-14(16,17)23-9-4-2-1-3-7(9)12(21)8-5-6-20-11(10(8)18)13(19)22/h1-6H,18H2,(H2,19,22). The first kappa shape index (κ1) is 16.3. The van der Waals surface area contributed by atoms with E-state index in [1.165, 1.54) is 18.2 Å². The van der Waals surface area contributed by atoms with Gasteiger partial charge in [0, 0.05) is 11.8 Å². The topological polar surface area (TPSA) is 108 Å². The van der Waals surface area contributed by atoms with Crippen LogP contribution in [0.5, 0.6) is 5.75 Å². The van der Waals surface area contributed by atoms with Gasteiger partial charge in [-0.3, -0.25) is 9.59 Å². The number of anilines is 1. The second-order valence-electron chi connectivity index (χ2n) is 4.36. The summed E-state index contributed by atoms with van der Waals surface area (Å²) in [7, 11) is 0. The molecule has 1 heterocycles. The quantitative estimate of drug-likeness (QED) is 0.835. The Morgan fingerprint density at radius 2 is 1.74 bits per heavy atom. The zero-order valence-corrected chi connectivity index (χ0v) is 11.4. The third-order valence-corrected chi connectivity index (χ3v) is 2.83. The third kappa shape index (κ3) is 3.57. The smallest absolute Gasteiger partial charge is 0.405 e. The lowest BCUT2D eigenvalue weighted by molar-refractivity contribution is -0.274. The second-order valence-corrected chi connectivity index (χ2v) is 4.36. The largest absolute Gasteiger partial charge is 0.573 e. The van der Waals surface area contributed by atoms with Crippen LogP contribution in [0.25, 0.3) is 0 Å². The lowest BCUT2D eigenvalue weighted by atomic mass is 10.0. The summed E-state index contributed by atoms with van der Waals surface area (Å²) >= 11 is 0. The van der Waals surface area contributed by atoms with Crippen LogP contribution in [0.3, 0.4) is 0 Å². The van der Waals surface area contributed by atoms with Gasteiger partial charge < -0.3 is 16.2 Å². The molecular formula is C14H10F3N3O3. The van der Waals surface area contributed by atoms with Gasteiger partial charge in [0.25, 0.3) is 5.91 Å². The lowest BCUT2D eigenvalue weighted by Gasteiger charge is -2.13. The molecule has 0 radical (unpaired) electrons. The number of para-hydroxylation sites is 1. The number of nitrogens with zero attached hydrogens (tertiary/aromatic N) is 1. The third-order valence-electron chi connectivity index (χ3n) is 2.83. The second kappa shape index (κ2) is 5.95. The van der Waals surface area contributed by atoms with Gasteiger partial charge in [-0.1, -0.05) is 12.1 Å². The van der Waals surface area contributed by atoms with Gasteiger partial charge in [0.2, 0.25) is 0 Å². The van der Waals surface area contributed by atoms with Gasteiger partial charge in [-0.15, -0.1) is 13.2 Å². The first-order valence-electron chi connectivity index (χ1n) is 6.14. The van der Waals surface area contributed by atoms with Crippen LogP contribution in [0.1, 0.15) is 26.4 Å². The lowest BCUT2D eigenvalue weighted by Crippen LogP contribution is -2.20. The Morgan fingerprint density at radius 1 is 1.09 bits per heavy atom. The molecule has 0 fully saturated rings. The maximum Gasteiger partial charge on any atom is 0.573 e. The van der Waals surface area contributed by atoms with E-state index in [1.54, 1.807) is 0 Å². The fraction of sp³-hybridized carbons (Fsp3) is 0.0714. The fourth-order valence-electron chi connectivity index (χ4n) is 1.88. The van der Waals surface area contributed by atoms with Crippen molar-refractivity contribution in [3.63, 3.8) is 0 Å². The highest BCUT2D eigenvalue weighted by Gasteiger charge is 2.33. The maximum atomic E-state index is 12.4. The summed E-state index contributed by atoms with van der Waals surface area (Å²) in [5, 5.41) is 0. The molecule has 2 aromatic rings. The Balaban J connectivity index is 2.51. The number of ketones is 1. The van der Waals surface area contributed by atoms with Crippen LogP contribution in [-0.4, -0.2) is 23.0 Å². The minimum Gasteiger partial charge on any atom is -0.405 e. The molecule has 0 aliphatic heterocycles. The van der Waals surface area contributed by atoms with E-state index >= 15 is 0 Å². The van der Waals surface area contributed by atoms with Crippen LogP contribution in [0.2, 0.25) is 0 Å². The van der Waals surface area contributed by atoms with E-state index in [1.807, 2.05) is 0 Å². The molecule has 0 aliphatic rings. The van der Waals surface area contributed by atoms with Crippen molar-refractivity contribution in [2.45, 2.75) is 6.36 Å². The minimum absolute atomic E-state index is 0.202. The Kier molecular flexibility index (Phi) is 4.21. The number of carbonyl (C=O) groups excluding carboxylic acids is 2. The Labute approximate surface area is 127 Å². The van der Waals surface area contributed by atoms with Crippen LogP contribution in [0, 0.1) is 0 Å². The van der Waals surface area contributed by atoms with Crippen LogP contribution >= 0.6 is 0 Å². The van der Waals surface area contributed by atoms with Crippen LogP contribution in [0.4, 0.5) is 18.9 Å². The summed E-state index contributed by atoms with van der Waals surface area (Å²) < 4.78 is 41.0. The van der Waals surface area contributed by atoms with Gasteiger partial charge in [-0.25, -0.2) is 4.98 Å². The SMILES string of the molecule is NC(=O)c1nccc(C(=O)c2ccccc2OC(F)(F)F)c1N. The summed E-state index contributed by atoms with van der Waals surface area (Å²) in [6.45, 7) is 0. The Bertz CT molecular complexity index is 775. The van der Waals surface area contributed by atoms with E-state index in [2.05, 4.69) is 9.72 Å². The molecule has 0 unspecified atom stereocenters. The number of primary amides is 1. The number of hydrogen-bond acceptors (Lipinski definition) is 5. The Morgan fingerprint density at radius 3 is 2.35 bits per heavy atom. The molecule has 120 valence electrons. The van der Waals surface area contributed by atoms with Gasteiger partial charge in [-0.05, 0) is 18.2 Å². The van der Waals surface area contributed by atoms with Gasteiger partial charge in [0.05, 0.1) is 11.3 Å². The Hall–Kier alpha value is -3.10. The minimum atomic E-state index is -4.96. The molecule has 1 amide bonds. The zero-order chi connectivity index (χ0) is 17.2. The summed E-state index contributed by atoms with van der Waals surface area (Å²) in [4.78, 5) is 27.3. The van der Waals surface area contributed by atoms with Crippen molar-refractivity contribution in [1.29, 1.82) is 0 Å². The number of benzene rings is 1. The van der Waals surface area contributed by atoms with Crippen LogP contribution < -0.4 is 16.2 Å². The summed E-state index contributed by atoms with van der Waals surface area (Å²) in [6.07, 6.45) is -3.85. The predicted octanol–water partition coefficient (Wildman–Crippen LogP) is 1.89. The van der Waals surface area contributed by atoms with Gasteiger partial charge in [0.1, 0.15) is 5.75 Å². The van der Waals surface area contributed by atoms with Crippen LogP contribution in [0.15, 0.2) is 36.5 Å². The normalized spacial score (nSPS) is 11.1. The van der Waals surface area contributed by atoms with Crippen molar-refractivity contribution < 1.29 is 27.5 Å². The number of halogens is 3. The molecule has 2 rings (SSSR count). The molecule has 0 atom stereocenters. The number of hydrogen-bond donors (Lipinski definition) is 2. The monoisotopic (exact) mass is 325 g/mol. The molecule has 0 saturated heterocycles. The predicted molar refractivity (Wildman–Crippen MR) is 73.7 cm³/mol. The molecule has 1 aromatic carbocycles. The van der Waals surface area contributed by atoms with Crippen molar-refractivity contribution in [3.05, 3.63) is 53.3 Å². The van der Waals surface area contributed by atoms with Crippen molar-refractivity contribution in [2.75, 3.05) is 5.73 Å². The fourth-order valence-corrected chi connectivity index (χ4v) is 1.88. The number of rotatable bonds is 4. The molecule has 4 N–H and O–H groups in total. The molecule has 23 heavy (non-hydrogen) atoms. The van der Waals surface area contributed by atoms with E-state index in [9.17, 15) is 22.8 Å². The first-order valence-corrected chi connectivity index (χ1v) is 6.14. The van der Waals surface area contributed by atoms with E-state index in [4.69, 9.17) is 11.5 Å². The highest BCUT2D eigenvalue weighted by molar-refractivity contribution is 6.15. The number of pyridine rings is 1. The summed E-state index contributed by atoms with van der Waals surface area (Å²) in [5.74, 6) is -2.49. The maximum absolute atomic E-state index is 12.4. The average molecular weight is 325 g/mol. The average Bonchev–Trinajstić information content (AvgIpc) is 2.45. The van der Waals surface area contributed by atoms with Gasteiger partial charge in [-0.2, -0.15) is 0 Å². The van der Waals surface area contributed by atoms with Gasteiger partial charge >= 0.3 is 6.36 Å². The van der Waals surface area contributed by atoms with Crippen molar-refractivity contribution in [2.24, 2.45) is 5.73 Å². The number of aromatic nitrogens is 1. The molecule has 1 aromatic heterocycles. The van der Waals surface area contributed by atoms with E-state index in [0.29, 0.717) is 0 Å². The number of alkyl halides is 3. The number of carbonyl (C=O) groups is 2. The highest BCUT2D eigenvalue weighted by Crippen LogP contribution is 2.29. The molecule has 0 aliphatic carbocycles. The molecular weight excluding hydrogens is 315 g/mol. The number of amides is 1. The number of nitrogen functional groups attached to an aromatic ring is 1. The zero-order valence-electron chi connectivity index (χ0n) is 11.4. The number of ether oxygens (including phenoxy) is 1. The van der Waals surface area contributed by atoms with E-state index in [0.717, 1.165) is 18.3 Å².